The van der Waals surface area contributed by atoms with Gasteiger partial charge in [0.25, 0.3) is 0 Å². The van der Waals surface area contributed by atoms with Gasteiger partial charge in [0.05, 0.1) is 11.1 Å². The average Bonchev–Trinajstić information content (AvgIpc) is 2.23. The molecule has 0 fully saturated rings. The molecule has 0 unspecified atom stereocenters. The van der Waals surface area contributed by atoms with Gasteiger partial charge in [-0.05, 0) is 18.2 Å². The molecule has 3 nitrogen and oxygen atoms in total. The second-order valence-corrected chi connectivity index (χ2v) is 3.74. The first kappa shape index (κ1) is 9.93. The molecule has 1 aromatic carbocycles. The van der Waals surface area contributed by atoms with Crippen molar-refractivity contribution in [3.63, 3.8) is 0 Å². The molecule has 0 aliphatic carbocycles. The van der Waals surface area contributed by atoms with Gasteiger partial charge in [0, 0.05) is 23.7 Å². The van der Waals surface area contributed by atoms with Crippen molar-refractivity contribution in [1.82, 2.24) is 4.57 Å². The second-order valence-electron chi connectivity index (χ2n) is 3.30. The lowest BCUT2D eigenvalue weighted by atomic mass is 10.1. The minimum absolute atomic E-state index is 0.160. The molecule has 0 aliphatic heterocycles. The van der Waals surface area contributed by atoms with Gasteiger partial charge in [-0.3, -0.25) is 9.59 Å². The van der Waals surface area contributed by atoms with Crippen molar-refractivity contribution in [3.05, 3.63) is 45.2 Å². The number of hydrogen-bond acceptors (Lipinski definition) is 2. The van der Waals surface area contributed by atoms with Crippen molar-refractivity contribution >= 4 is 28.8 Å². The number of fused-ring (bicyclic) bond motifs is 1. The predicted octanol–water partition coefficient (Wildman–Crippen LogP) is 2.00. The van der Waals surface area contributed by atoms with Gasteiger partial charge in [-0.25, -0.2) is 0 Å². The number of hydrogen-bond donors (Lipinski definition) is 0. The molecule has 1 aromatic heterocycles. The Morgan fingerprint density at radius 2 is 2.13 bits per heavy atom. The number of aldehydes is 1. The van der Waals surface area contributed by atoms with Gasteiger partial charge in [0.2, 0.25) is 0 Å². The van der Waals surface area contributed by atoms with Crippen LogP contribution in [0.4, 0.5) is 0 Å². The molecule has 2 rings (SSSR count). The van der Waals surface area contributed by atoms with Crippen molar-refractivity contribution in [2.24, 2.45) is 7.05 Å². The molecular weight excluding hydrogens is 214 g/mol. The van der Waals surface area contributed by atoms with E-state index in [-0.39, 0.29) is 11.0 Å². The maximum atomic E-state index is 11.7. The molecule has 0 atom stereocenters. The van der Waals surface area contributed by atoms with E-state index in [1.807, 2.05) is 0 Å². The Labute approximate surface area is 90.9 Å². The van der Waals surface area contributed by atoms with Crippen molar-refractivity contribution in [1.29, 1.82) is 0 Å². The number of rotatable bonds is 1. The van der Waals surface area contributed by atoms with Gasteiger partial charge in [0.1, 0.15) is 0 Å². The van der Waals surface area contributed by atoms with Crippen LogP contribution in [0.25, 0.3) is 10.9 Å². The molecule has 1 heterocycles. The van der Waals surface area contributed by atoms with E-state index in [0.717, 1.165) is 5.52 Å². The third-order valence-corrected chi connectivity index (χ3v) is 2.54. The van der Waals surface area contributed by atoms with E-state index in [1.165, 1.54) is 6.20 Å². The van der Waals surface area contributed by atoms with E-state index in [1.54, 1.807) is 29.8 Å². The Kier molecular flexibility index (Phi) is 2.32. The van der Waals surface area contributed by atoms with Gasteiger partial charge >= 0.3 is 0 Å². The summed E-state index contributed by atoms with van der Waals surface area (Å²) in [4.78, 5) is 22.4. The summed E-state index contributed by atoms with van der Waals surface area (Å²) in [7, 11) is 1.77. The average molecular weight is 222 g/mol. The van der Waals surface area contributed by atoms with Crippen LogP contribution in [0, 0.1) is 0 Å². The fourth-order valence-corrected chi connectivity index (χ4v) is 1.73. The summed E-state index contributed by atoms with van der Waals surface area (Å²) in [5.74, 6) is 0. The van der Waals surface area contributed by atoms with Crippen LogP contribution < -0.4 is 5.43 Å². The molecule has 0 aliphatic rings. The molecule has 0 bridgehead atoms. The lowest BCUT2D eigenvalue weighted by Crippen LogP contribution is -2.12. The van der Waals surface area contributed by atoms with Crippen LogP contribution in [0.5, 0.6) is 0 Å². The van der Waals surface area contributed by atoms with Crippen molar-refractivity contribution in [3.8, 4) is 0 Å². The van der Waals surface area contributed by atoms with E-state index in [2.05, 4.69) is 0 Å². The number of carbonyl (C=O) groups excluding carboxylic acids is 1. The highest BCUT2D eigenvalue weighted by Gasteiger charge is 2.06. The summed E-state index contributed by atoms with van der Waals surface area (Å²) in [5.41, 5.74) is 0.625. The summed E-state index contributed by atoms with van der Waals surface area (Å²) in [6.07, 6.45) is 2.07. The minimum Gasteiger partial charge on any atom is -0.350 e. The van der Waals surface area contributed by atoms with Crippen LogP contribution in [0.3, 0.4) is 0 Å². The maximum Gasteiger partial charge on any atom is 0.199 e. The molecule has 0 saturated heterocycles. The summed E-state index contributed by atoms with van der Waals surface area (Å²) >= 11 is 5.83. The molecule has 0 N–H and O–H groups in total. The topological polar surface area (TPSA) is 39.1 Å². The van der Waals surface area contributed by atoms with Crippen LogP contribution >= 0.6 is 11.6 Å². The zero-order valence-corrected chi connectivity index (χ0v) is 8.78. The summed E-state index contributed by atoms with van der Waals surface area (Å²) in [5, 5.41) is 1.07. The SMILES string of the molecule is Cn1cc(C=O)c(=O)c2ccc(Cl)cc21. The third kappa shape index (κ3) is 1.55. The summed E-state index contributed by atoms with van der Waals surface area (Å²) < 4.78 is 1.71. The normalized spacial score (nSPS) is 10.5. The van der Waals surface area contributed by atoms with E-state index in [4.69, 9.17) is 11.6 Å². The lowest BCUT2D eigenvalue weighted by molar-refractivity contribution is 0.112. The van der Waals surface area contributed by atoms with Crippen LogP contribution in [0.15, 0.2) is 29.2 Å². The Morgan fingerprint density at radius 1 is 1.40 bits per heavy atom. The molecule has 4 heteroatoms. The summed E-state index contributed by atoms with van der Waals surface area (Å²) in [6.45, 7) is 0. The highest BCUT2D eigenvalue weighted by atomic mass is 35.5. The van der Waals surface area contributed by atoms with Crippen LogP contribution in [-0.2, 0) is 7.05 Å². The van der Waals surface area contributed by atoms with Gasteiger partial charge < -0.3 is 4.57 Å². The number of carbonyl (C=O) groups is 1. The smallest absolute Gasteiger partial charge is 0.199 e. The largest absolute Gasteiger partial charge is 0.350 e. The number of nitrogens with zero attached hydrogens (tertiary/aromatic N) is 1. The van der Waals surface area contributed by atoms with Crippen LogP contribution in [-0.4, -0.2) is 10.9 Å². The van der Waals surface area contributed by atoms with Crippen molar-refractivity contribution in [2.75, 3.05) is 0 Å². The first-order valence-corrected chi connectivity index (χ1v) is 4.75. The third-order valence-electron chi connectivity index (χ3n) is 2.31. The first-order valence-electron chi connectivity index (χ1n) is 4.37. The Bertz CT molecular complexity index is 601. The first-order chi connectivity index (χ1) is 7.13. The highest BCUT2D eigenvalue weighted by molar-refractivity contribution is 6.31. The zero-order chi connectivity index (χ0) is 11.0. The second kappa shape index (κ2) is 3.51. The van der Waals surface area contributed by atoms with Gasteiger partial charge in [-0.15, -0.1) is 0 Å². The van der Waals surface area contributed by atoms with Crippen molar-refractivity contribution < 1.29 is 4.79 Å². The van der Waals surface area contributed by atoms with Crippen LogP contribution in [0.1, 0.15) is 10.4 Å². The maximum absolute atomic E-state index is 11.7. The standard InChI is InChI=1S/C11H8ClNO2/c1-13-5-7(6-14)11(15)9-3-2-8(12)4-10(9)13/h2-6H,1H3. The molecular formula is C11H8ClNO2. The van der Waals surface area contributed by atoms with E-state index in [0.29, 0.717) is 16.7 Å². The predicted molar refractivity (Wildman–Crippen MR) is 59.6 cm³/mol. The van der Waals surface area contributed by atoms with Gasteiger partial charge in [0.15, 0.2) is 11.7 Å². The van der Waals surface area contributed by atoms with E-state index < -0.39 is 0 Å². The fourth-order valence-electron chi connectivity index (χ4n) is 1.56. The van der Waals surface area contributed by atoms with Crippen LogP contribution in [0.2, 0.25) is 5.02 Å². The number of halogens is 1. The zero-order valence-electron chi connectivity index (χ0n) is 8.03. The quantitative estimate of drug-likeness (QED) is 0.691. The minimum atomic E-state index is -0.255. The monoisotopic (exact) mass is 221 g/mol. The van der Waals surface area contributed by atoms with Gasteiger partial charge in [-0.2, -0.15) is 0 Å². The van der Waals surface area contributed by atoms with E-state index in [9.17, 15) is 9.59 Å². The van der Waals surface area contributed by atoms with Gasteiger partial charge in [-0.1, -0.05) is 11.6 Å². The van der Waals surface area contributed by atoms with Crippen molar-refractivity contribution in [2.45, 2.75) is 0 Å². The Morgan fingerprint density at radius 3 is 2.80 bits per heavy atom. The molecule has 15 heavy (non-hydrogen) atoms. The highest BCUT2D eigenvalue weighted by Crippen LogP contribution is 2.16. The molecule has 0 radical (unpaired) electrons. The number of aromatic nitrogens is 1. The number of benzene rings is 1. The molecule has 0 amide bonds. The summed E-state index contributed by atoms with van der Waals surface area (Å²) in [6, 6.07) is 4.97. The number of aryl methyl sites for hydroxylation is 1. The Hall–Kier alpha value is -1.61. The lowest BCUT2D eigenvalue weighted by Gasteiger charge is -2.06. The fraction of sp³-hybridized carbons (Fsp3) is 0.0909. The molecule has 0 spiro atoms. The Balaban J connectivity index is 2.99. The van der Waals surface area contributed by atoms with E-state index >= 15 is 0 Å². The molecule has 0 saturated carbocycles. The molecule has 76 valence electrons. The number of pyridine rings is 1. The molecule has 2 aromatic rings.